The Hall–Kier alpha value is -2.05. The van der Waals surface area contributed by atoms with Crippen LogP contribution in [0.3, 0.4) is 0 Å². The summed E-state index contributed by atoms with van der Waals surface area (Å²) in [4.78, 5) is 32.6. The lowest BCUT2D eigenvalue weighted by Crippen LogP contribution is -2.50. The van der Waals surface area contributed by atoms with Crippen LogP contribution in [0.5, 0.6) is 0 Å². The normalized spacial score (nSPS) is 20.5. The van der Waals surface area contributed by atoms with Gasteiger partial charge in [-0.3, -0.25) is 4.79 Å². The molecule has 1 spiro atoms. The minimum Gasteiger partial charge on any atom is -0.441 e. The second-order valence-corrected chi connectivity index (χ2v) is 7.54. The van der Waals surface area contributed by atoms with Crippen LogP contribution < -0.4 is 0 Å². The molecule has 26 heavy (non-hydrogen) atoms. The molecule has 2 aliphatic heterocycles. The van der Waals surface area contributed by atoms with Gasteiger partial charge in [-0.2, -0.15) is 0 Å². The van der Waals surface area contributed by atoms with E-state index in [1.54, 1.807) is 12.5 Å². The number of unbranched alkanes of at least 4 members (excludes halogenated alkanes) is 3. The average Bonchev–Trinajstić information content (AvgIpc) is 3.27. The van der Waals surface area contributed by atoms with E-state index in [1.165, 1.54) is 12.8 Å². The number of carbonyl (C=O) groups is 2. The molecular weight excluding hydrogens is 332 g/mol. The molecule has 0 saturated carbocycles. The van der Waals surface area contributed by atoms with Crippen molar-refractivity contribution in [2.75, 3.05) is 26.2 Å². The van der Waals surface area contributed by atoms with Crippen molar-refractivity contribution in [3.05, 3.63) is 18.7 Å². The molecule has 0 aliphatic carbocycles. The first-order chi connectivity index (χ1) is 12.5. The van der Waals surface area contributed by atoms with Crippen molar-refractivity contribution in [3.8, 4) is 0 Å². The summed E-state index contributed by atoms with van der Waals surface area (Å²) in [5, 5.41) is 0. The molecular formula is C19H30N4O3. The van der Waals surface area contributed by atoms with Gasteiger partial charge in [0.1, 0.15) is 11.6 Å². The van der Waals surface area contributed by atoms with Crippen molar-refractivity contribution >= 4 is 12.0 Å². The van der Waals surface area contributed by atoms with Crippen molar-refractivity contribution in [1.82, 2.24) is 19.4 Å². The van der Waals surface area contributed by atoms with Crippen LogP contribution >= 0.6 is 0 Å². The predicted molar refractivity (Wildman–Crippen MR) is 97.7 cm³/mol. The summed E-state index contributed by atoms with van der Waals surface area (Å²) in [7, 11) is 0. The van der Waals surface area contributed by atoms with Crippen LogP contribution in [0.15, 0.2) is 18.7 Å². The van der Waals surface area contributed by atoms with Gasteiger partial charge in [0.25, 0.3) is 0 Å². The molecule has 1 atom stereocenters. The number of hydrogen-bond donors (Lipinski definition) is 0. The Balaban J connectivity index is 1.50. The number of imidazole rings is 1. The number of aromatic nitrogens is 2. The molecule has 2 amide bonds. The fraction of sp³-hybridized carbons (Fsp3) is 0.737. The molecule has 2 fully saturated rings. The molecule has 0 bridgehead atoms. The Bertz CT molecular complexity index is 608. The molecule has 0 unspecified atom stereocenters. The van der Waals surface area contributed by atoms with Gasteiger partial charge in [0.05, 0.1) is 12.9 Å². The van der Waals surface area contributed by atoms with Gasteiger partial charge in [-0.15, -0.1) is 0 Å². The molecule has 2 saturated heterocycles. The van der Waals surface area contributed by atoms with Crippen LogP contribution in [0.4, 0.5) is 4.79 Å². The lowest BCUT2D eigenvalue weighted by atomic mass is 9.91. The second-order valence-electron chi connectivity index (χ2n) is 7.54. The van der Waals surface area contributed by atoms with Gasteiger partial charge < -0.3 is 19.1 Å². The van der Waals surface area contributed by atoms with Gasteiger partial charge in [0.2, 0.25) is 5.91 Å². The molecule has 1 aromatic rings. The summed E-state index contributed by atoms with van der Waals surface area (Å²) in [6, 6.07) is -0.257. The van der Waals surface area contributed by atoms with Crippen LogP contribution in [-0.2, 0) is 9.53 Å². The first-order valence-corrected chi connectivity index (χ1v) is 9.79. The minimum absolute atomic E-state index is 0.0959. The van der Waals surface area contributed by atoms with Crippen molar-refractivity contribution in [2.45, 2.75) is 64.0 Å². The number of piperidine rings is 1. The molecule has 0 aromatic carbocycles. The van der Waals surface area contributed by atoms with Crippen LogP contribution in [0.1, 0.15) is 58.4 Å². The lowest BCUT2D eigenvalue weighted by Gasteiger charge is -2.38. The number of hydrogen-bond acceptors (Lipinski definition) is 4. The van der Waals surface area contributed by atoms with Gasteiger partial charge in [0.15, 0.2) is 0 Å². The summed E-state index contributed by atoms with van der Waals surface area (Å²) in [6.45, 7) is 6.78. The smallest absolute Gasteiger partial charge is 0.410 e. The van der Waals surface area contributed by atoms with Gasteiger partial charge in [-0.1, -0.05) is 26.2 Å². The number of amides is 2. The highest BCUT2D eigenvalue weighted by Crippen LogP contribution is 2.34. The van der Waals surface area contributed by atoms with Crippen molar-refractivity contribution in [1.29, 1.82) is 0 Å². The molecule has 3 heterocycles. The number of rotatable bonds is 7. The molecule has 7 nitrogen and oxygen atoms in total. The fourth-order valence-electron chi connectivity index (χ4n) is 3.88. The highest BCUT2D eigenvalue weighted by Gasteiger charge is 2.47. The number of carbonyl (C=O) groups excluding carboxylic acids is 2. The predicted octanol–water partition coefficient (Wildman–Crippen LogP) is 2.84. The van der Waals surface area contributed by atoms with E-state index in [4.69, 9.17) is 4.74 Å². The largest absolute Gasteiger partial charge is 0.441 e. The highest BCUT2D eigenvalue weighted by atomic mass is 16.6. The maximum atomic E-state index is 12.7. The van der Waals surface area contributed by atoms with Gasteiger partial charge in [0, 0.05) is 44.9 Å². The standard InChI is InChI=1S/C19H30N4O3/c1-3-4-5-6-10-22-14-19(26-18(22)25)7-11-21(12-8-19)17(24)16(2)23-13-9-20-15-23/h9,13,15-16H,3-8,10-12,14H2,1-2H3/t16-/m0/s1. The molecule has 2 aliphatic rings. The van der Waals surface area contributed by atoms with E-state index in [-0.39, 0.29) is 18.0 Å². The zero-order chi connectivity index (χ0) is 18.6. The van der Waals surface area contributed by atoms with Crippen LogP contribution in [0.2, 0.25) is 0 Å². The van der Waals surface area contributed by atoms with Gasteiger partial charge in [-0.25, -0.2) is 9.78 Å². The second kappa shape index (κ2) is 8.10. The van der Waals surface area contributed by atoms with E-state index in [2.05, 4.69) is 11.9 Å². The van der Waals surface area contributed by atoms with E-state index < -0.39 is 5.60 Å². The van der Waals surface area contributed by atoms with E-state index in [1.807, 2.05) is 27.5 Å². The Morgan fingerprint density at radius 3 is 2.73 bits per heavy atom. The molecule has 3 rings (SSSR count). The Kier molecular flexibility index (Phi) is 5.84. The van der Waals surface area contributed by atoms with Gasteiger partial charge in [-0.05, 0) is 13.3 Å². The number of nitrogens with zero attached hydrogens (tertiary/aromatic N) is 4. The van der Waals surface area contributed by atoms with Crippen molar-refractivity contribution in [2.24, 2.45) is 0 Å². The first-order valence-electron chi connectivity index (χ1n) is 9.79. The topological polar surface area (TPSA) is 67.7 Å². The van der Waals surface area contributed by atoms with E-state index in [9.17, 15) is 9.59 Å². The number of likely N-dealkylation sites (tertiary alicyclic amines) is 1. The van der Waals surface area contributed by atoms with Gasteiger partial charge >= 0.3 is 6.09 Å². The highest BCUT2D eigenvalue weighted by molar-refractivity contribution is 5.80. The van der Waals surface area contributed by atoms with Crippen molar-refractivity contribution < 1.29 is 14.3 Å². The maximum absolute atomic E-state index is 12.7. The fourth-order valence-corrected chi connectivity index (χ4v) is 3.88. The maximum Gasteiger partial charge on any atom is 0.410 e. The van der Waals surface area contributed by atoms with Crippen LogP contribution in [0.25, 0.3) is 0 Å². The van der Waals surface area contributed by atoms with E-state index >= 15 is 0 Å². The molecule has 0 N–H and O–H groups in total. The Morgan fingerprint density at radius 1 is 1.31 bits per heavy atom. The van der Waals surface area contributed by atoms with E-state index in [0.717, 1.165) is 19.4 Å². The SMILES string of the molecule is CCCCCCN1CC2(CCN(C(=O)[C@H](C)n3ccnc3)CC2)OC1=O. The average molecular weight is 362 g/mol. The summed E-state index contributed by atoms with van der Waals surface area (Å²) in [6.07, 6.45) is 11.0. The quantitative estimate of drug-likeness (QED) is 0.700. The molecule has 1 aromatic heterocycles. The lowest BCUT2D eigenvalue weighted by molar-refractivity contribution is -0.137. The van der Waals surface area contributed by atoms with Crippen LogP contribution in [0, 0.1) is 0 Å². The summed E-state index contributed by atoms with van der Waals surface area (Å²) in [5.41, 5.74) is -0.406. The third kappa shape index (κ3) is 4.02. The third-order valence-electron chi connectivity index (χ3n) is 5.64. The molecule has 144 valence electrons. The third-order valence-corrected chi connectivity index (χ3v) is 5.64. The summed E-state index contributed by atoms with van der Waals surface area (Å²) >= 11 is 0. The zero-order valence-corrected chi connectivity index (χ0v) is 15.9. The summed E-state index contributed by atoms with van der Waals surface area (Å²) < 4.78 is 7.57. The number of ether oxygens (including phenoxy) is 1. The zero-order valence-electron chi connectivity index (χ0n) is 15.9. The monoisotopic (exact) mass is 362 g/mol. The molecule has 7 heteroatoms. The summed E-state index contributed by atoms with van der Waals surface area (Å²) in [5.74, 6) is 0.0959. The first kappa shape index (κ1) is 18.7. The van der Waals surface area contributed by atoms with Crippen molar-refractivity contribution in [3.63, 3.8) is 0 Å². The van der Waals surface area contributed by atoms with E-state index in [0.29, 0.717) is 32.5 Å². The Labute approximate surface area is 155 Å². The molecule has 0 radical (unpaired) electrons. The minimum atomic E-state index is -0.406. The Morgan fingerprint density at radius 2 is 2.08 bits per heavy atom. The van der Waals surface area contributed by atoms with Crippen LogP contribution in [-0.4, -0.2) is 63.1 Å².